The summed E-state index contributed by atoms with van der Waals surface area (Å²) in [7, 11) is 0. The van der Waals surface area contributed by atoms with Gasteiger partial charge in [0.25, 0.3) is 0 Å². The molecule has 1 N–H and O–H groups in total. The van der Waals surface area contributed by atoms with Crippen LogP contribution in [0.1, 0.15) is 150 Å². The Morgan fingerprint density at radius 2 is 1.43 bits per heavy atom. The van der Waals surface area contributed by atoms with Gasteiger partial charge in [0.05, 0.1) is 5.92 Å². The van der Waals surface area contributed by atoms with Crippen molar-refractivity contribution in [1.29, 1.82) is 0 Å². The van der Waals surface area contributed by atoms with Crippen LogP contribution in [0.25, 0.3) is 0 Å². The van der Waals surface area contributed by atoms with Crippen LogP contribution >= 0.6 is 0 Å². The maximum Gasteiger partial charge on any atom is 0.328 e. The Morgan fingerprint density at radius 1 is 0.892 bits per heavy atom. The van der Waals surface area contributed by atoms with E-state index in [0.717, 1.165) is 38.5 Å². The van der Waals surface area contributed by atoms with Crippen molar-refractivity contribution in [3.8, 4) is 0 Å². The first-order valence-corrected chi connectivity index (χ1v) is 15.5. The smallest absolute Gasteiger partial charge is 0.328 e. The van der Waals surface area contributed by atoms with Crippen molar-refractivity contribution in [3.05, 3.63) is 0 Å². The molecule has 0 spiro atoms. The molecule has 0 unspecified atom stereocenters. The molecule has 216 valence electrons. The summed E-state index contributed by atoms with van der Waals surface area (Å²) >= 11 is 0. The van der Waals surface area contributed by atoms with Gasteiger partial charge in [0.2, 0.25) is 6.41 Å². The number of ether oxygens (including phenoxy) is 2. The molecule has 1 amide bonds. The number of amides is 1. The lowest BCUT2D eigenvalue weighted by atomic mass is 9.86. The second-order valence-corrected chi connectivity index (χ2v) is 11.5. The SMILES string of the molecule is CCCCCCCCCCC[C@@H](C[C@@H]1OC(=O)[C@H]1CCCCCCCC)OC(=O)[C@H](CC(C)C)NC=O. The van der Waals surface area contributed by atoms with Crippen molar-refractivity contribution in [3.63, 3.8) is 0 Å². The second-order valence-electron chi connectivity index (χ2n) is 11.5. The van der Waals surface area contributed by atoms with Crippen molar-refractivity contribution in [2.45, 2.75) is 168 Å². The summed E-state index contributed by atoms with van der Waals surface area (Å²) in [6, 6.07) is -0.633. The highest BCUT2D eigenvalue weighted by Gasteiger charge is 2.43. The molecule has 4 atom stereocenters. The summed E-state index contributed by atoms with van der Waals surface area (Å²) in [4.78, 5) is 36.2. The van der Waals surface area contributed by atoms with Gasteiger partial charge in [0.15, 0.2) is 0 Å². The topological polar surface area (TPSA) is 81.7 Å². The van der Waals surface area contributed by atoms with Gasteiger partial charge in [0, 0.05) is 6.42 Å². The Kier molecular flexibility index (Phi) is 19.3. The molecule has 6 heteroatoms. The van der Waals surface area contributed by atoms with Crippen LogP contribution in [0.2, 0.25) is 0 Å². The number of unbranched alkanes of at least 4 members (excludes halogenated alkanes) is 13. The minimum atomic E-state index is -0.633. The number of hydrogen-bond acceptors (Lipinski definition) is 5. The number of esters is 2. The molecule has 0 aliphatic carbocycles. The molecule has 0 saturated carbocycles. The van der Waals surface area contributed by atoms with E-state index in [-0.39, 0.29) is 36.0 Å². The fourth-order valence-electron chi connectivity index (χ4n) is 5.26. The fourth-order valence-corrected chi connectivity index (χ4v) is 5.26. The van der Waals surface area contributed by atoms with E-state index in [0.29, 0.717) is 19.3 Å². The van der Waals surface area contributed by atoms with Gasteiger partial charge in [-0.15, -0.1) is 0 Å². The van der Waals surface area contributed by atoms with E-state index >= 15 is 0 Å². The minimum absolute atomic E-state index is 0.0740. The summed E-state index contributed by atoms with van der Waals surface area (Å²) in [5, 5.41) is 2.63. The monoisotopic (exact) mass is 523 g/mol. The number of cyclic esters (lactones) is 1. The Morgan fingerprint density at radius 3 is 1.95 bits per heavy atom. The number of rotatable bonds is 25. The van der Waals surface area contributed by atoms with E-state index in [1.54, 1.807) is 0 Å². The first-order chi connectivity index (χ1) is 17.9. The van der Waals surface area contributed by atoms with Crippen molar-refractivity contribution in [1.82, 2.24) is 5.32 Å². The Labute approximate surface area is 227 Å². The fraction of sp³-hybridized carbons (Fsp3) is 0.903. The van der Waals surface area contributed by atoms with Crippen LogP contribution in [0, 0.1) is 11.8 Å². The van der Waals surface area contributed by atoms with E-state index in [2.05, 4.69) is 19.2 Å². The molecule has 6 nitrogen and oxygen atoms in total. The summed E-state index contributed by atoms with van der Waals surface area (Å²) in [5.74, 6) is -0.294. The van der Waals surface area contributed by atoms with Gasteiger partial charge in [-0.1, -0.05) is 118 Å². The molecule has 1 aliphatic rings. The Balaban J connectivity index is 2.57. The van der Waals surface area contributed by atoms with Crippen LogP contribution in [0.15, 0.2) is 0 Å². The summed E-state index contributed by atoms with van der Waals surface area (Å²) in [6.07, 6.45) is 21.2. The average molecular weight is 524 g/mol. The van der Waals surface area contributed by atoms with E-state index in [4.69, 9.17) is 9.47 Å². The first-order valence-electron chi connectivity index (χ1n) is 15.5. The molecular weight excluding hydrogens is 466 g/mol. The van der Waals surface area contributed by atoms with Gasteiger partial charge in [-0.25, -0.2) is 4.79 Å². The van der Waals surface area contributed by atoms with Gasteiger partial charge in [-0.3, -0.25) is 9.59 Å². The predicted molar refractivity (Wildman–Crippen MR) is 150 cm³/mol. The molecule has 0 bridgehead atoms. The number of carbonyl (C=O) groups excluding carboxylic acids is 3. The van der Waals surface area contributed by atoms with Crippen LogP contribution in [0.5, 0.6) is 0 Å². The summed E-state index contributed by atoms with van der Waals surface area (Å²) in [5.41, 5.74) is 0. The van der Waals surface area contributed by atoms with Crippen LogP contribution in [0.4, 0.5) is 0 Å². The van der Waals surface area contributed by atoms with Crippen LogP contribution in [-0.4, -0.2) is 36.6 Å². The Bertz CT molecular complexity index is 608. The van der Waals surface area contributed by atoms with Gasteiger partial charge < -0.3 is 14.8 Å². The van der Waals surface area contributed by atoms with E-state index in [9.17, 15) is 14.4 Å². The molecule has 1 heterocycles. The maximum atomic E-state index is 12.9. The Hall–Kier alpha value is -1.59. The van der Waals surface area contributed by atoms with Gasteiger partial charge >= 0.3 is 11.9 Å². The molecule has 0 aromatic carbocycles. The van der Waals surface area contributed by atoms with Gasteiger partial charge in [-0.05, 0) is 31.6 Å². The van der Waals surface area contributed by atoms with Gasteiger partial charge in [0.1, 0.15) is 18.2 Å². The third kappa shape index (κ3) is 15.4. The van der Waals surface area contributed by atoms with Crippen LogP contribution in [-0.2, 0) is 23.9 Å². The summed E-state index contributed by atoms with van der Waals surface area (Å²) in [6.45, 7) is 8.50. The molecule has 37 heavy (non-hydrogen) atoms. The molecule has 0 radical (unpaired) electrons. The van der Waals surface area contributed by atoms with Crippen molar-refractivity contribution < 1.29 is 23.9 Å². The minimum Gasteiger partial charge on any atom is -0.461 e. The molecule has 1 rings (SSSR count). The van der Waals surface area contributed by atoms with Crippen molar-refractivity contribution in [2.24, 2.45) is 11.8 Å². The second kappa shape index (κ2) is 21.4. The highest BCUT2D eigenvalue weighted by molar-refractivity contribution is 5.79. The lowest BCUT2D eigenvalue weighted by Crippen LogP contribution is -2.48. The van der Waals surface area contributed by atoms with E-state index in [1.807, 2.05) is 13.8 Å². The first kappa shape index (κ1) is 33.4. The number of carbonyl (C=O) groups is 3. The lowest BCUT2D eigenvalue weighted by Gasteiger charge is -2.37. The zero-order valence-electron chi connectivity index (χ0n) is 24.4. The number of hydrogen-bond donors (Lipinski definition) is 1. The quantitative estimate of drug-likeness (QED) is 0.0754. The zero-order chi connectivity index (χ0) is 27.3. The maximum absolute atomic E-state index is 12.9. The number of nitrogens with one attached hydrogen (secondary N) is 1. The zero-order valence-corrected chi connectivity index (χ0v) is 24.4. The highest BCUT2D eigenvalue weighted by atomic mass is 16.6. The molecule has 0 aromatic heterocycles. The van der Waals surface area contributed by atoms with Gasteiger partial charge in [-0.2, -0.15) is 0 Å². The molecule has 0 aromatic rings. The lowest BCUT2D eigenvalue weighted by molar-refractivity contribution is -0.190. The average Bonchev–Trinajstić information content (AvgIpc) is 2.86. The standard InChI is InChI=1S/C31H57NO5/c1-5-7-9-11-13-14-15-16-18-20-26(36-31(35)28(32-24-33)22-25(3)4)23-29-27(30(34)37-29)21-19-17-12-10-8-6-2/h24-29H,5-23H2,1-4H3,(H,32,33)/t26-,27-,28-,29-/m0/s1. The van der Waals surface area contributed by atoms with E-state index < -0.39 is 6.04 Å². The third-order valence-corrected chi connectivity index (χ3v) is 7.56. The van der Waals surface area contributed by atoms with E-state index in [1.165, 1.54) is 70.6 Å². The summed E-state index contributed by atoms with van der Waals surface area (Å²) < 4.78 is 11.5. The normalized spacial score (nSPS) is 18.7. The van der Waals surface area contributed by atoms with Crippen LogP contribution < -0.4 is 5.32 Å². The molecule has 1 aliphatic heterocycles. The molecular formula is C31H57NO5. The molecule has 1 fully saturated rings. The van der Waals surface area contributed by atoms with Crippen molar-refractivity contribution >= 4 is 18.3 Å². The largest absolute Gasteiger partial charge is 0.461 e. The van der Waals surface area contributed by atoms with Crippen LogP contribution in [0.3, 0.4) is 0 Å². The highest BCUT2D eigenvalue weighted by Crippen LogP contribution is 2.33. The molecule has 1 saturated heterocycles. The third-order valence-electron chi connectivity index (χ3n) is 7.56. The predicted octanol–water partition coefficient (Wildman–Crippen LogP) is 7.66. The van der Waals surface area contributed by atoms with Crippen molar-refractivity contribution in [2.75, 3.05) is 0 Å².